The van der Waals surface area contributed by atoms with Crippen LogP contribution in [0.15, 0.2) is 54.6 Å². The van der Waals surface area contributed by atoms with E-state index in [-0.39, 0.29) is 35.2 Å². The van der Waals surface area contributed by atoms with Gasteiger partial charge in [-0.3, -0.25) is 9.69 Å². The molecule has 0 bridgehead atoms. The van der Waals surface area contributed by atoms with Crippen LogP contribution in [0.1, 0.15) is 15.9 Å². The summed E-state index contributed by atoms with van der Waals surface area (Å²) in [6.45, 7) is 1.76. The van der Waals surface area contributed by atoms with Gasteiger partial charge in [0.1, 0.15) is 5.75 Å². The second-order valence-corrected chi connectivity index (χ2v) is 9.37. The predicted octanol–water partition coefficient (Wildman–Crippen LogP) is 1.52. The van der Waals surface area contributed by atoms with Crippen LogP contribution < -0.4 is 0 Å². The van der Waals surface area contributed by atoms with Gasteiger partial charge in [-0.2, -0.15) is 0 Å². The lowest BCUT2D eigenvalue weighted by atomic mass is 10.0. The summed E-state index contributed by atoms with van der Waals surface area (Å²) < 4.78 is 24.7. The highest BCUT2D eigenvalue weighted by atomic mass is 32.2. The van der Waals surface area contributed by atoms with Crippen molar-refractivity contribution in [3.63, 3.8) is 0 Å². The first-order chi connectivity index (χ1) is 12.9. The Labute approximate surface area is 158 Å². The van der Waals surface area contributed by atoms with E-state index < -0.39 is 9.84 Å². The van der Waals surface area contributed by atoms with Crippen molar-refractivity contribution in [1.29, 1.82) is 0 Å². The maximum Gasteiger partial charge on any atom is 0.254 e. The van der Waals surface area contributed by atoms with E-state index in [0.717, 1.165) is 5.56 Å². The zero-order chi connectivity index (χ0) is 19.0. The van der Waals surface area contributed by atoms with Crippen molar-refractivity contribution in [2.24, 2.45) is 0 Å². The van der Waals surface area contributed by atoms with Gasteiger partial charge in [-0.05, 0) is 23.8 Å². The lowest BCUT2D eigenvalue weighted by Gasteiger charge is -2.44. The number of sulfone groups is 1. The van der Waals surface area contributed by atoms with E-state index in [4.69, 9.17) is 0 Å². The standard InChI is InChI=1S/C20H22N2O4S/c23-17-8-4-7-16(11-17)20(24)22-10-9-21(12-15-5-2-1-3-6-15)18-13-27(25,26)14-19(18)22/h1-8,11,18-19,23H,9-10,12-14H2/t18-,19+/m1/s1. The van der Waals surface area contributed by atoms with E-state index >= 15 is 0 Å². The zero-order valence-electron chi connectivity index (χ0n) is 14.9. The molecule has 0 saturated carbocycles. The van der Waals surface area contributed by atoms with E-state index in [2.05, 4.69) is 4.90 Å². The number of hydrogen-bond donors (Lipinski definition) is 1. The topological polar surface area (TPSA) is 77.9 Å². The average Bonchev–Trinajstić information content (AvgIpc) is 2.98. The number of aromatic hydroxyl groups is 1. The van der Waals surface area contributed by atoms with Crippen LogP contribution in [0, 0.1) is 0 Å². The van der Waals surface area contributed by atoms with Gasteiger partial charge in [-0.25, -0.2) is 8.42 Å². The molecule has 0 spiro atoms. The van der Waals surface area contributed by atoms with Crippen LogP contribution in [0.4, 0.5) is 0 Å². The smallest absolute Gasteiger partial charge is 0.254 e. The molecule has 0 radical (unpaired) electrons. The highest BCUT2D eigenvalue weighted by molar-refractivity contribution is 7.91. The van der Waals surface area contributed by atoms with Crippen molar-refractivity contribution in [3.05, 3.63) is 65.7 Å². The SMILES string of the molecule is O=C(c1cccc(O)c1)N1CCN(Cc2ccccc2)[C@@H]2CS(=O)(=O)C[C@@H]21. The molecule has 1 N–H and O–H groups in total. The van der Waals surface area contributed by atoms with Gasteiger partial charge in [0.25, 0.3) is 5.91 Å². The van der Waals surface area contributed by atoms with Crippen molar-refractivity contribution in [1.82, 2.24) is 9.80 Å². The third-order valence-electron chi connectivity index (χ3n) is 5.37. The molecule has 0 unspecified atom stereocenters. The van der Waals surface area contributed by atoms with Gasteiger partial charge in [-0.15, -0.1) is 0 Å². The van der Waals surface area contributed by atoms with Gasteiger partial charge in [0, 0.05) is 31.2 Å². The Kier molecular flexibility index (Phi) is 4.65. The second kappa shape index (κ2) is 6.98. The van der Waals surface area contributed by atoms with Crippen LogP contribution in [0.3, 0.4) is 0 Å². The van der Waals surface area contributed by atoms with E-state index in [1.807, 2.05) is 30.3 Å². The monoisotopic (exact) mass is 386 g/mol. The highest BCUT2D eigenvalue weighted by Gasteiger charge is 2.48. The molecule has 0 aliphatic carbocycles. The molecule has 2 aromatic rings. The maximum atomic E-state index is 13.0. The molecule has 2 aliphatic rings. The number of carbonyl (C=O) groups excluding carboxylic acids is 1. The summed E-state index contributed by atoms with van der Waals surface area (Å²) in [6.07, 6.45) is 0. The number of phenols is 1. The predicted molar refractivity (Wildman–Crippen MR) is 102 cm³/mol. The van der Waals surface area contributed by atoms with E-state index in [9.17, 15) is 18.3 Å². The third-order valence-corrected chi connectivity index (χ3v) is 7.07. The minimum Gasteiger partial charge on any atom is -0.508 e. The average molecular weight is 386 g/mol. The lowest BCUT2D eigenvalue weighted by molar-refractivity contribution is 0.0306. The molecule has 2 aromatic carbocycles. The number of fused-ring (bicyclic) bond motifs is 1. The Hall–Kier alpha value is -2.38. The number of rotatable bonds is 3. The summed E-state index contributed by atoms with van der Waals surface area (Å²) in [4.78, 5) is 16.8. The summed E-state index contributed by atoms with van der Waals surface area (Å²) >= 11 is 0. The molecule has 4 rings (SSSR count). The molecule has 7 heteroatoms. The molecule has 2 heterocycles. The van der Waals surface area contributed by atoms with Gasteiger partial charge < -0.3 is 10.0 Å². The Morgan fingerprint density at radius 1 is 1.00 bits per heavy atom. The van der Waals surface area contributed by atoms with Crippen LogP contribution in [-0.4, -0.2) is 65.9 Å². The minimum absolute atomic E-state index is 0.00644. The number of phenolic OH excluding ortho intramolecular Hbond substituents is 1. The fourth-order valence-electron chi connectivity index (χ4n) is 4.10. The molecule has 1 amide bonds. The van der Waals surface area contributed by atoms with E-state index in [1.54, 1.807) is 17.0 Å². The van der Waals surface area contributed by atoms with Gasteiger partial charge in [-0.1, -0.05) is 36.4 Å². The van der Waals surface area contributed by atoms with E-state index in [0.29, 0.717) is 25.2 Å². The molecule has 2 fully saturated rings. The Morgan fingerprint density at radius 3 is 2.48 bits per heavy atom. The summed E-state index contributed by atoms with van der Waals surface area (Å²) in [7, 11) is -3.20. The van der Waals surface area contributed by atoms with Gasteiger partial charge in [0.2, 0.25) is 0 Å². The molecule has 2 saturated heterocycles. The largest absolute Gasteiger partial charge is 0.508 e. The molecule has 6 nitrogen and oxygen atoms in total. The molecule has 0 aromatic heterocycles. The van der Waals surface area contributed by atoms with Crippen LogP contribution >= 0.6 is 0 Å². The van der Waals surface area contributed by atoms with Crippen molar-refractivity contribution in [2.45, 2.75) is 18.6 Å². The highest BCUT2D eigenvalue weighted by Crippen LogP contribution is 2.29. The number of amides is 1. The molecule has 2 aliphatic heterocycles. The van der Waals surface area contributed by atoms with Crippen molar-refractivity contribution in [3.8, 4) is 5.75 Å². The van der Waals surface area contributed by atoms with Gasteiger partial charge in [0.15, 0.2) is 9.84 Å². The first-order valence-corrected chi connectivity index (χ1v) is 10.8. The third kappa shape index (κ3) is 3.70. The van der Waals surface area contributed by atoms with Crippen molar-refractivity contribution >= 4 is 15.7 Å². The van der Waals surface area contributed by atoms with Crippen LogP contribution in [0.5, 0.6) is 5.75 Å². The maximum absolute atomic E-state index is 13.0. The summed E-state index contributed by atoms with van der Waals surface area (Å²) in [5, 5.41) is 9.66. The fraction of sp³-hybridized carbons (Fsp3) is 0.350. The van der Waals surface area contributed by atoms with Crippen LogP contribution in [0.25, 0.3) is 0 Å². The number of piperazine rings is 1. The summed E-state index contributed by atoms with van der Waals surface area (Å²) in [6, 6.07) is 15.6. The zero-order valence-corrected chi connectivity index (χ0v) is 15.7. The molecular formula is C20H22N2O4S. The Morgan fingerprint density at radius 2 is 1.74 bits per heavy atom. The van der Waals surface area contributed by atoms with Crippen molar-refractivity contribution in [2.75, 3.05) is 24.6 Å². The molecule has 27 heavy (non-hydrogen) atoms. The van der Waals surface area contributed by atoms with Crippen LogP contribution in [0.2, 0.25) is 0 Å². The first kappa shape index (κ1) is 18.0. The minimum atomic E-state index is -3.20. The van der Waals surface area contributed by atoms with Crippen LogP contribution in [-0.2, 0) is 16.4 Å². The lowest BCUT2D eigenvalue weighted by Crippen LogP contribution is -2.60. The van der Waals surface area contributed by atoms with E-state index in [1.165, 1.54) is 12.1 Å². The quantitative estimate of drug-likeness (QED) is 0.865. The molecule has 142 valence electrons. The van der Waals surface area contributed by atoms with Gasteiger partial charge in [0.05, 0.1) is 17.5 Å². The Bertz CT molecular complexity index is 945. The number of benzene rings is 2. The first-order valence-electron chi connectivity index (χ1n) is 9.01. The number of nitrogens with zero attached hydrogens (tertiary/aromatic N) is 2. The summed E-state index contributed by atoms with van der Waals surface area (Å²) in [5.74, 6) is -0.126. The number of carbonyl (C=O) groups is 1. The molecule has 2 atom stereocenters. The second-order valence-electron chi connectivity index (χ2n) is 7.22. The van der Waals surface area contributed by atoms with Crippen molar-refractivity contribution < 1.29 is 18.3 Å². The number of hydrogen-bond acceptors (Lipinski definition) is 5. The van der Waals surface area contributed by atoms with Gasteiger partial charge >= 0.3 is 0 Å². The summed E-state index contributed by atoms with van der Waals surface area (Å²) in [5.41, 5.74) is 1.52. The fourth-order valence-corrected chi connectivity index (χ4v) is 6.11. The molecular weight excluding hydrogens is 364 g/mol. The normalized spacial score (nSPS) is 24.5. The Balaban J connectivity index is 1.59.